The largest absolute Gasteiger partial charge is 0.350 e. The van der Waals surface area contributed by atoms with Gasteiger partial charge in [0, 0.05) is 19.6 Å². The third kappa shape index (κ3) is 2.83. The smallest absolute Gasteiger partial charge is 0.273 e. The fraction of sp³-hybridized carbons (Fsp3) is 0.727. The van der Waals surface area contributed by atoms with Gasteiger partial charge in [-0.2, -0.15) is 0 Å². The predicted molar refractivity (Wildman–Crippen MR) is 71.0 cm³/mol. The molecule has 2 aliphatic rings. The maximum absolute atomic E-state index is 11.9. The summed E-state index contributed by atoms with van der Waals surface area (Å²) in [6, 6.07) is 0.268. The Kier molecular flexibility index (Phi) is 3.47. The first kappa shape index (κ1) is 13.5. The SMILES string of the molecule is O=C(NCC1CCS(=O)(=O)C1)c1cn(C2CNC2)nn1. The second kappa shape index (κ2) is 5.13. The average Bonchev–Trinajstić information content (AvgIpc) is 2.91. The van der Waals surface area contributed by atoms with Crippen LogP contribution in [0.4, 0.5) is 0 Å². The Hall–Kier alpha value is -1.48. The van der Waals surface area contributed by atoms with Crippen molar-refractivity contribution in [3.05, 3.63) is 11.9 Å². The van der Waals surface area contributed by atoms with Crippen LogP contribution in [0.3, 0.4) is 0 Å². The van der Waals surface area contributed by atoms with E-state index in [1.54, 1.807) is 10.9 Å². The van der Waals surface area contributed by atoms with Crippen LogP contribution in [0.2, 0.25) is 0 Å². The van der Waals surface area contributed by atoms with Crippen molar-refractivity contribution < 1.29 is 13.2 Å². The molecule has 0 aliphatic carbocycles. The van der Waals surface area contributed by atoms with Crippen molar-refractivity contribution in [1.82, 2.24) is 25.6 Å². The van der Waals surface area contributed by atoms with E-state index < -0.39 is 9.84 Å². The van der Waals surface area contributed by atoms with Crippen LogP contribution in [-0.4, -0.2) is 60.5 Å². The molecule has 3 rings (SSSR count). The standard InChI is InChI=1S/C11H17N5O3S/c17-11(13-3-8-1-2-20(18,19)7-8)10-6-16(15-14-10)9-4-12-5-9/h6,8-9,12H,1-5,7H2,(H,13,17). The number of hydrogen-bond acceptors (Lipinski definition) is 6. The van der Waals surface area contributed by atoms with E-state index in [-0.39, 0.29) is 35.1 Å². The van der Waals surface area contributed by atoms with E-state index in [1.807, 2.05) is 0 Å². The number of nitrogens with one attached hydrogen (secondary N) is 2. The molecule has 2 N–H and O–H groups in total. The summed E-state index contributed by atoms with van der Waals surface area (Å²) in [5.41, 5.74) is 0.276. The van der Waals surface area contributed by atoms with Crippen molar-refractivity contribution in [2.75, 3.05) is 31.1 Å². The van der Waals surface area contributed by atoms with Gasteiger partial charge in [0.2, 0.25) is 0 Å². The van der Waals surface area contributed by atoms with E-state index in [1.165, 1.54) is 0 Å². The van der Waals surface area contributed by atoms with Crippen LogP contribution in [0, 0.1) is 5.92 Å². The molecule has 0 saturated carbocycles. The molecule has 8 nitrogen and oxygen atoms in total. The molecule has 0 spiro atoms. The fourth-order valence-electron chi connectivity index (χ4n) is 2.38. The molecule has 0 aromatic carbocycles. The van der Waals surface area contributed by atoms with Gasteiger partial charge in [0.1, 0.15) is 0 Å². The lowest BCUT2D eigenvalue weighted by Crippen LogP contribution is -2.43. The molecule has 1 aromatic rings. The van der Waals surface area contributed by atoms with Crippen LogP contribution in [0.15, 0.2) is 6.20 Å². The minimum atomic E-state index is -2.90. The molecule has 1 atom stereocenters. The molecule has 3 heterocycles. The Morgan fingerprint density at radius 3 is 2.90 bits per heavy atom. The van der Waals surface area contributed by atoms with Gasteiger partial charge in [0.25, 0.3) is 5.91 Å². The summed E-state index contributed by atoms with van der Waals surface area (Å²) >= 11 is 0. The highest BCUT2D eigenvalue weighted by Crippen LogP contribution is 2.17. The zero-order valence-corrected chi connectivity index (χ0v) is 11.8. The van der Waals surface area contributed by atoms with Gasteiger partial charge < -0.3 is 10.6 Å². The molecule has 2 aliphatic heterocycles. The Morgan fingerprint density at radius 1 is 1.50 bits per heavy atom. The third-order valence-corrected chi connectivity index (χ3v) is 5.59. The number of rotatable bonds is 4. The van der Waals surface area contributed by atoms with Crippen molar-refractivity contribution in [3.63, 3.8) is 0 Å². The van der Waals surface area contributed by atoms with Gasteiger partial charge in [-0.05, 0) is 12.3 Å². The molecule has 0 radical (unpaired) electrons. The Balaban J connectivity index is 1.53. The number of carbonyl (C=O) groups excluding carboxylic acids is 1. The van der Waals surface area contributed by atoms with E-state index in [4.69, 9.17) is 0 Å². The lowest BCUT2D eigenvalue weighted by atomic mass is 10.1. The highest BCUT2D eigenvalue weighted by Gasteiger charge is 2.28. The number of sulfone groups is 1. The lowest BCUT2D eigenvalue weighted by Gasteiger charge is -2.26. The van der Waals surface area contributed by atoms with Crippen LogP contribution < -0.4 is 10.6 Å². The Bertz CT molecular complexity index is 607. The summed E-state index contributed by atoms with van der Waals surface area (Å²) in [4.78, 5) is 11.9. The van der Waals surface area contributed by atoms with Crippen molar-refractivity contribution in [2.45, 2.75) is 12.5 Å². The summed E-state index contributed by atoms with van der Waals surface area (Å²) in [5, 5.41) is 13.6. The van der Waals surface area contributed by atoms with E-state index in [0.29, 0.717) is 13.0 Å². The quantitative estimate of drug-likeness (QED) is 0.707. The number of aromatic nitrogens is 3. The number of carbonyl (C=O) groups is 1. The van der Waals surface area contributed by atoms with Crippen molar-refractivity contribution >= 4 is 15.7 Å². The summed E-state index contributed by atoms with van der Waals surface area (Å²) < 4.78 is 24.3. The van der Waals surface area contributed by atoms with E-state index >= 15 is 0 Å². The first-order valence-electron chi connectivity index (χ1n) is 6.65. The maximum Gasteiger partial charge on any atom is 0.273 e. The molecule has 20 heavy (non-hydrogen) atoms. The Labute approximate surface area is 116 Å². The molecule has 2 fully saturated rings. The zero-order chi connectivity index (χ0) is 14.2. The second-order valence-electron chi connectivity index (χ2n) is 5.37. The highest BCUT2D eigenvalue weighted by molar-refractivity contribution is 7.91. The molecule has 1 amide bonds. The monoisotopic (exact) mass is 299 g/mol. The summed E-state index contributed by atoms with van der Waals surface area (Å²) in [6.45, 7) is 2.05. The summed E-state index contributed by atoms with van der Waals surface area (Å²) in [7, 11) is -2.90. The molecule has 110 valence electrons. The molecular weight excluding hydrogens is 282 g/mol. The predicted octanol–water partition coefficient (Wildman–Crippen LogP) is -1.41. The van der Waals surface area contributed by atoms with Crippen LogP contribution in [-0.2, 0) is 9.84 Å². The topological polar surface area (TPSA) is 106 Å². The van der Waals surface area contributed by atoms with Gasteiger partial charge in [-0.25, -0.2) is 13.1 Å². The molecular formula is C11H17N5O3S. The van der Waals surface area contributed by atoms with Crippen LogP contribution in [0.1, 0.15) is 23.0 Å². The minimum Gasteiger partial charge on any atom is -0.350 e. The van der Waals surface area contributed by atoms with Crippen molar-refractivity contribution in [1.29, 1.82) is 0 Å². The molecule has 0 bridgehead atoms. The maximum atomic E-state index is 11.9. The van der Waals surface area contributed by atoms with E-state index in [9.17, 15) is 13.2 Å². The van der Waals surface area contributed by atoms with Gasteiger partial charge in [-0.3, -0.25) is 4.79 Å². The average molecular weight is 299 g/mol. The van der Waals surface area contributed by atoms with Crippen LogP contribution >= 0.6 is 0 Å². The zero-order valence-electron chi connectivity index (χ0n) is 10.9. The fourth-order valence-corrected chi connectivity index (χ4v) is 4.24. The first-order valence-corrected chi connectivity index (χ1v) is 8.47. The normalized spacial score (nSPS) is 25.3. The Morgan fingerprint density at radius 2 is 2.30 bits per heavy atom. The van der Waals surface area contributed by atoms with Gasteiger partial charge in [-0.1, -0.05) is 5.21 Å². The molecule has 1 aromatic heterocycles. The molecule has 9 heteroatoms. The van der Waals surface area contributed by atoms with E-state index in [0.717, 1.165) is 13.1 Å². The number of amides is 1. The summed E-state index contributed by atoms with van der Waals surface area (Å²) in [5.74, 6) is 0.0919. The van der Waals surface area contributed by atoms with Crippen LogP contribution in [0.25, 0.3) is 0 Å². The number of hydrogen-bond donors (Lipinski definition) is 2. The van der Waals surface area contributed by atoms with Gasteiger partial charge in [0.15, 0.2) is 15.5 Å². The number of nitrogens with zero attached hydrogens (tertiary/aromatic N) is 3. The molecule has 1 unspecified atom stereocenters. The first-order chi connectivity index (χ1) is 9.53. The van der Waals surface area contributed by atoms with Gasteiger partial charge >= 0.3 is 0 Å². The highest BCUT2D eigenvalue weighted by atomic mass is 32.2. The molecule has 2 saturated heterocycles. The van der Waals surface area contributed by atoms with Crippen molar-refractivity contribution in [2.24, 2.45) is 5.92 Å². The van der Waals surface area contributed by atoms with Crippen molar-refractivity contribution in [3.8, 4) is 0 Å². The van der Waals surface area contributed by atoms with Gasteiger partial charge in [0.05, 0.1) is 23.7 Å². The third-order valence-electron chi connectivity index (χ3n) is 3.76. The van der Waals surface area contributed by atoms with E-state index in [2.05, 4.69) is 20.9 Å². The summed E-state index contributed by atoms with van der Waals surface area (Å²) in [6.07, 6.45) is 2.25. The second-order valence-corrected chi connectivity index (χ2v) is 7.60. The van der Waals surface area contributed by atoms with Crippen LogP contribution in [0.5, 0.6) is 0 Å². The minimum absolute atomic E-state index is 0.00910. The lowest BCUT2D eigenvalue weighted by molar-refractivity contribution is 0.0943. The van der Waals surface area contributed by atoms with Gasteiger partial charge in [-0.15, -0.1) is 5.10 Å².